The molecule has 0 aliphatic rings. The van der Waals surface area contributed by atoms with Gasteiger partial charge in [0.25, 0.3) is 0 Å². The van der Waals surface area contributed by atoms with E-state index in [1.54, 1.807) is 6.26 Å². The highest BCUT2D eigenvalue weighted by Gasteiger charge is 2.23. The lowest BCUT2D eigenvalue weighted by Gasteiger charge is -2.29. The van der Waals surface area contributed by atoms with E-state index in [-0.39, 0.29) is 12.1 Å². The molecule has 0 bridgehead atoms. The van der Waals surface area contributed by atoms with Gasteiger partial charge in [-0.25, -0.2) is 4.79 Å². The summed E-state index contributed by atoms with van der Waals surface area (Å²) in [7, 11) is 0. The monoisotopic (exact) mass is 328 g/mol. The van der Waals surface area contributed by atoms with Gasteiger partial charge in [-0.15, -0.1) is 0 Å². The molecule has 4 nitrogen and oxygen atoms in total. The SMILES string of the molecule is CCc1ccc(NC(=O)N(CCC(C)C)[C@@H](C)c2ccco2)cc1. The Morgan fingerprint density at radius 3 is 2.42 bits per heavy atom. The Bertz CT molecular complexity index is 618. The molecule has 24 heavy (non-hydrogen) atoms. The lowest BCUT2D eigenvalue weighted by molar-refractivity contribution is 0.179. The van der Waals surface area contributed by atoms with Gasteiger partial charge in [-0.3, -0.25) is 0 Å². The fraction of sp³-hybridized carbons (Fsp3) is 0.450. The molecule has 2 rings (SSSR count). The molecule has 1 heterocycles. The number of furan rings is 1. The highest BCUT2D eigenvalue weighted by Crippen LogP contribution is 2.23. The maximum atomic E-state index is 12.8. The van der Waals surface area contributed by atoms with E-state index in [9.17, 15) is 4.79 Å². The summed E-state index contributed by atoms with van der Waals surface area (Å²) in [6.45, 7) is 9.14. The van der Waals surface area contributed by atoms with Crippen LogP contribution in [-0.4, -0.2) is 17.5 Å². The predicted molar refractivity (Wildman–Crippen MR) is 98.1 cm³/mol. The molecule has 1 atom stereocenters. The molecule has 0 fully saturated rings. The number of aryl methyl sites for hydroxylation is 1. The first-order chi connectivity index (χ1) is 11.5. The molecule has 130 valence electrons. The minimum Gasteiger partial charge on any atom is -0.467 e. The summed E-state index contributed by atoms with van der Waals surface area (Å²) in [5.74, 6) is 1.34. The lowest BCUT2D eigenvalue weighted by Crippen LogP contribution is -2.38. The van der Waals surface area contributed by atoms with Crippen molar-refractivity contribution in [2.24, 2.45) is 5.92 Å². The molecule has 0 saturated heterocycles. The topological polar surface area (TPSA) is 45.5 Å². The first-order valence-electron chi connectivity index (χ1n) is 8.71. The summed E-state index contributed by atoms with van der Waals surface area (Å²) < 4.78 is 5.49. The fourth-order valence-corrected chi connectivity index (χ4v) is 2.57. The van der Waals surface area contributed by atoms with E-state index in [2.05, 4.69) is 26.1 Å². The number of hydrogen-bond acceptors (Lipinski definition) is 2. The maximum absolute atomic E-state index is 12.8. The van der Waals surface area contributed by atoms with Crippen molar-refractivity contribution < 1.29 is 9.21 Å². The van der Waals surface area contributed by atoms with E-state index in [0.717, 1.165) is 24.3 Å². The van der Waals surface area contributed by atoms with Crippen LogP contribution in [0.1, 0.15) is 51.5 Å². The van der Waals surface area contributed by atoms with Gasteiger partial charge in [-0.1, -0.05) is 32.9 Å². The van der Waals surface area contributed by atoms with Crippen molar-refractivity contribution in [2.45, 2.75) is 46.6 Å². The Hall–Kier alpha value is -2.23. The second-order valence-electron chi connectivity index (χ2n) is 6.55. The molecule has 4 heteroatoms. The Balaban J connectivity index is 2.10. The molecule has 0 aliphatic heterocycles. The summed E-state index contributed by atoms with van der Waals surface area (Å²) in [5.41, 5.74) is 2.08. The lowest BCUT2D eigenvalue weighted by atomic mass is 10.1. The van der Waals surface area contributed by atoms with Gasteiger partial charge in [-0.2, -0.15) is 0 Å². The zero-order valence-corrected chi connectivity index (χ0v) is 15.1. The molecule has 2 aromatic rings. The second kappa shape index (κ2) is 8.57. The number of hydrogen-bond donors (Lipinski definition) is 1. The molecule has 0 spiro atoms. The summed E-state index contributed by atoms with van der Waals surface area (Å²) >= 11 is 0. The number of carbonyl (C=O) groups is 1. The Labute approximate surface area is 144 Å². The van der Waals surface area contributed by atoms with Gasteiger partial charge in [0.2, 0.25) is 0 Å². The van der Waals surface area contributed by atoms with Gasteiger partial charge < -0.3 is 14.6 Å². The van der Waals surface area contributed by atoms with Gasteiger partial charge in [-0.05, 0) is 55.5 Å². The van der Waals surface area contributed by atoms with E-state index in [0.29, 0.717) is 12.5 Å². The van der Waals surface area contributed by atoms with Gasteiger partial charge in [0.1, 0.15) is 5.76 Å². The third-order valence-corrected chi connectivity index (χ3v) is 4.24. The van der Waals surface area contributed by atoms with Crippen molar-refractivity contribution in [3.05, 3.63) is 54.0 Å². The molecule has 0 aliphatic carbocycles. The predicted octanol–water partition coefficient (Wildman–Crippen LogP) is 5.48. The van der Waals surface area contributed by atoms with Crippen LogP contribution < -0.4 is 5.32 Å². The smallest absolute Gasteiger partial charge is 0.322 e. The van der Waals surface area contributed by atoms with E-state index in [1.807, 2.05) is 48.2 Å². The van der Waals surface area contributed by atoms with Crippen molar-refractivity contribution in [1.29, 1.82) is 0 Å². The molecule has 1 aromatic carbocycles. The zero-order chi connectivity index (χ0) is 17.5. The average Bonchev–Trinajstić information content (AvgIpc) is 3.09. The quantitative estimate of drug-likeness (QED) is 0.731. The number of nitrogens with one attached hydrogen (secondary N) is 1. The highest BCUT2D eigenvalue weighted by atomic mass is 16.3. The normalized spacial score (nSPS) is 12.2. The summed E-state index contributed by atoms with van der Waals surface area (Å²) in [4.78, 5) is 14.6. The molecule has 1 aromatic heterocycles. The van der Waals surface area contributed by atoms with Gasteiger partial charge >= 0.3 is 6.03 Å². The highest BCUT2D eigenvalue weighted by molar-refractivity contribution is 5.89. The third-order valence-electron chi connectivity index (χ3n) is 4.24. The van der Waals surface area contributed by atoms with Crippen LogP contribution in [0.15, 0.2) is 47.1 Å². The van der Waals surface area contributed by atoms with Crippen molar-refractivity contribution >= 4 is 11.7 Å². The van der Waals surface area contributed by atoms with Crippen LogP contribution in [0.25, 0.3) is 0 Å². The average molecular weight is 328 g/mol. The first-order valence-corrected chi connectivity index (χ1v) is 8.71. The van der Waals surface area contributed by atoms with Crippen LogP contribution >= 0.6 is 0 Å². The Morgan fingerprint density at radius 1 is 1.17 bits per heavy atom. The van der Waals surface area contributed by atoms with E-state index in [1.165, 1.54) is 5.56 Å². The molecule has 2 amide bonds. The number of nitrogens with zero attached hydrogens (tertiary/aromatic N) is 1. The Kier molecular flexibility index (Phi) is 6.47. The fourth-order valence-electron chi connectivity index (χ4n) is 2.57. The minimum atomic E-state index is -0.103. The second-order valence-corrected chi connectivity index (χ2v) is 6.55. The summed E-state index contributed by atoms with van der Waals surface area (Å²) in [6.07, 6.45) is 3.59. The van der Waals surface area contributed by atoms with Crippen LogP contribution in [0, 0.1) is 5.92 Å². The number of rotatable bonds is 7. The number of urea groups is 1. The van der Waals surface area contributed by atoms with Crippen molar-refractivity contribution in [1.82, 2.24) is 4.90 Å². The zero-order valence-electron chi connectivity index (χ0n) is 15.1. The number of carbonyl (C=O) groups excluding carboxylic acids is 1. The molecule has 0 radical (unpaired) electrons. The van der Waals surface area contributed by atoms with Crippen LogP contribution in [0.5, 0.6) is 0 Å². The van der Waals surface area contributed by atoms with Crippen LogP contribution in [0.2, 0.25) is 0 Å². The van der Waals surface area contributed by atoms with Crippen LogP contribution in [-0.2, 0) is 6.42 Å². The number of anilines is 1. The number of benzene rings is 1. The summed E-state index contributed by atoms with van der Waals surface area (Å²) in [5, 5.41) is 3.01. The standard InChI is InChI=1S/C20H28N2O2/c1-5-17-8-10-18(11-9-17)21-20(23)22(13-12-15(2)3)16(4)19-7-6-14-24-19/h6-11,14-16H,5,12-13H2,1-4H3,(H,21,23)/t16-/m0/s1. The van der Waals surface area contributed by atoms with E-state index < -0.39 is 0 Å². The molecular formula is C20H28N2O2. The molecule has 0 saturated carbocycles. The van der Waals surface area contributed by atoms with Gasteiger partial charge in [0.15, 0.2) is 0 Å². The molecule has 1 N–H and O–H groups in total. The first kappa shape index (κ1) is 18.1. The van der Waals surface area contributed by atoms with Gasteiger partial charge in [0, 0.05) is 12.2 Å². The minimum absolute atomic E-state index is 0.0937. The molecular weight excluding hydrogens is 300 g/mol. The number of amides is 2. The van der Waals surface area contributed by atoms with E-state index >= 15 is 0 Å². The summed E-state index contributed by atoms with van der Waals surface area (Å²) in [6, 6.07) is 11.6. The van der Waals surface area contributed by atoms with Crippen molar-refractivity contribution in [2.75, 3.05) is 11.9 Å². The largest absolute Gasteiger partial charge is 0.467 e. The van der Waals surface area contributed by atoms with Crippen LogP contribution in [0.4, 0.5) is 10.5 Å². The van der Waals surface area contributed by atoms with Crippen LogP contribution in [0.3, 0.4) is 0 Å². The molecule has 0 unspecified atom stereocenters. The third kappa shape index (κ3) is 4.88. The van der Waals surface area contributed by atoms with Gasteiger partial charge in [0.05, 0.1) is 12.3 Å². The van der Waals surface area contributed by atoms with Crippen molar-refractivity contribution in [3.8, 4) is 0 Å². The maximum Gasteiger partial charge on any atom is 0.322 e. The van der Waals surface area contributed by atoms with E-state index in [4.69, 9.17) is 4.42 Å². The Morgan fingerprint density at radius 2 is 1.88 bits per heavy atom. The van der Waals surface area contributed by atoms with Crippen molar-refractivity contribution in [3.63, 3.8) is 0 Å².